The molecule has 0 radical (unpaired) electrons. The Morgan fingerprint density at radius 3 is 1.65 bits per heavy atom. The normalized spacial score (nSPS) is 13.1. The van der Waals surface area contributed by atoms with Gasteiger partial charge in [-0.05, 0) is 111 Å². The fourth-order valence-corrected chi connectivity index (χ4v) is 8.84. The largest absolute Gasteiger partial charge is 0.0622 e. The maximum atomic E-state index is 2.46. The molecule has 0 heteroatoms. The van der Waals surface area contributed by atoms with Crippen LogP contribution in [0.1, 0.15) is 25.0 Å². The van der Waals surface area contributed by atoms with Gasteiger partial charge in [0.2, 0.25) is 0 Å². The Kier molecular flexibility index (Phi) is 6.63. The van der Waals surface area contributed by atoms with Crippen molar-refractivity contribution < 1.29 is 0 Å². The lowest BCUT2D eigenvalue weighted by Gasteiger charge is -2.23. The summed E-state index contributed by atoms with van der Waals surface area (Å²) in [6, 6.07) is 67.5. The van der Waals surface area contributed by atoms with Crippen molar-refractivity contribution >= 4 is 32.3 Å². The van der Waals surface area contributed by atoms with E-state index in [-0.39, 0.29) is 5.41 Å². The van der Waals surface area contributed by atoms with Gasteiger partial charge >= 0.3 is 0 Å². The molecule has 0 nitrogen and oxygen atoms in total. The monoisotopic (exact) mass is 648 g/mol. The quantitative estimate of drug-likeness (QED) is 0.167. The summed E-state index contributed by atoms with van der Waals surface area (Å²) in [4.78, 5) is 0. The van der Waals surface area contributed by atoms with Crippen molar-refractivity contribution in [2.75, 3.05) is 0 Å². The molecule has 0 saturated heterocycles. The zero-order valence-corrected chi connectivity index (χ0v) is 28.8. The van der Waals surface area contributed by atoms with Crippen LogP contribution in [0.25, 0.3) is 88.0 Å². The highest BCUT2D eigenvalue weighted by atomic mass is 14.4. The number of hydrogen-bond acceptors (Lipinski definition) is 0. The van der Waals surface area contributed by atoms with E-state index in [2.05, 4.69) is 196 Å². The molecule has 1 aliphatic carbocycles. The standard InChI is InChI=1S/C51H36/c1-51(2)46-25-13-12-23-43(46)50-44(24-14-26-47(50)51)49-41-22-11-10-21-40(41)48(39-20-9-8-19-38(39)34-16-4-3-5-17-34)42-30-29-37(32-45(42)49)36-28-27-33-15-6-7-18-35(33)31-36/h3-32H,1-2H3. The molecule has 0 bridgehead atoms. The molecule has 0 aliphatic heterocycles. The van der Waals surface area contributed by atoms with Gasteiger partial charge in [0.15, 0.2) is 0 Å². The van der Waals surface area contributed by atoms with Gasteiger partial charge in [-0.3, -0.25) is 0 Å². The van der Waals surface area contributed by atoms with Gasteiger partial charge in [0.1, 0.15) is 0 Å². The predicted octanol–water partition coefficient (Wildman–Crippen LogP) is 14.1. The summed E-state index contributed by atoms with van der Waals surface area (Å²) < 4.78 is 0. The highest BCUT2D eigenvalue weighted by Crippen LogP contribution is 2.55. The Balaban J connectivity index is 1.35. The molecule has 0 fully saturated rings. The molecule has 240 valence electrons. The Morgan fingerprint density at radius 1 is 0.294 bits per heavy atom. The van der Waals surface area contributed by atoms with Gasteiger partial charge in [0.25, 0.3) is 0 Å². The Hall–Kier alpha value is -6.24. The van der Waals surface area contributed by atoms with Crippen LogP contribution in [0.3, 0.4) is 0 Å². The molecule has 10 rings (SSSR count). The summed E-state index contributed by atoms with van der Waals surface area (Å²) in [5.74, 6) is 0. The Bertz CT molecular complexity index is 2820. The number of hydrogen-bond donors (Lipinski definition) is 0. The second-order valence-corrected chi connectivity index (χ2v) is 14.4. The van der Waals surface area contributed by atoms with E-state index in [9.17, 15) is 0 Å². The van der Waals surface area contributed by atoms with Crippen LogP contribution in [0.15, 0.2) is 182 Å². The molecule has 0 heterocycles. The van der Waals surface area contributed by atoms with Crippen molar-refractivity contribution in [1.29, 1.82) is 0 Å². The van der Waals surface area contributed by atoms with Crippen LogP contribution in [-0.2, 0) is 5.41 Å². The van der Waals surface area contributed by atoms with E-state index in [0.29, 0.717) is 0 Å². The molecule has 0 spiro atoms. The smallest absolute Gasteiger partial charge is 0.0159 e. The summed E-state index contributed by atoms with van der Waals surface area (Å²) in [6.45, 7) is 4.75. The van der Waals surface area contributed by atoms with Crippen molar-refractivity contribution in [3.8, 4) is 55.6 Å². The maximum absolute atomic E-state index is 2.46. The lowest BCUT2D eigenvalue weighted by Crippen LogP contribution is -2.14. The molecule has 0 unspecified atom stereocenters. The first kappa shape index (κ1) is 29.7. The topological polar surface area (TPSA) is 0 Å². The van der Waals surface area contributed by atoms with E-state index in [1.54, 1.807) is 0 Å². The molecule has 0 N–H and O–H groups in total. The van der Waals surface area contributed by atoms with Gasteiger partial charge in [-0.15, -0.1) is 0 Å². The van der Waals surface area contributed by atoms with Crippen molar-refractivity contribution in [3.05, 3.63) is 193 Å². The molecule has 51 heavy (non-hydrogen) atoms. The molecule has 0 aromatic heterocycles. The van der Waals surface area contributed by atoms with Crippen molar-refractivity contribution in [2.45, 2.75) is 19.3 Å². The third-order valence-corrected chi connectivity index (χ3v) is 11.3. The first-order chi connectivity index (χ1) is 25.1. The van der Waals surface area contributed by atoms with E-state index in [1.807, 2.05) is 0 Å². The fourth-order valence-electron chi connectivity index (χ4n) is 8.84. The SMILES string of the molecule is CC1(C)c2ccccc2-c2c(-c3c4ccccc4c(-c4ccccc4-c4ccccc4)c4ccc(-c5ccc6ccccc6c5)cc34)cccc21. The van der Waals surface area contributed by atoms with Crippen molar-refractivity contribution in [3.63, 3.8) is 0 Å². The summed E-state index contributed by atoms with van der Waals surface area (Å²) >= 11 is 0. The van der Waals surface area contributed by atoms with E-state index >= 15 is 0 Å². The van der Waals surface area contributed by atoms with Crippen LogP contribution in [-0.4, -0.2) is 0 Å². The number of fused-ring (bicyclic) bond motifs is 6. The third kappa shape index (κ3) is 4.53. The molecule has 1 aliphatic rings. The van der Waals surface area contributed by atoms with Gasteiger partial charge in [-0.1, -0.05) is 184 Å². The predicted molar refractivity (Wildman–Crippen MR) is 218 cm³/mol. The van der Waals surface area contributed by atoms with Crippen LogP contribution >= 0.6 is 0 Å². The van der Waals surface area contributed by atoms with Gasteiger partial charge in [0, 0.05) is 5.41 Å². The minimum Gasteiger partial charge on any atom is -0.0622 e. The summed E-state index contributed by atoms with van der Waals surface area (Å²) in [7, 11) is 0. The van der Waals surface area contributed by atoms with Crippen LogP contribution in [0, 0.1) is 0 Å². The highest BCUT2D eigenvalue weighted by Gasteiger charge is 2.37. The van der Waals surface area contributed by atoms with Gasteiger partial charge in [-0.2, -0.15) is 0 Å². The first-order valence-electron chi connectivity index (χ1n) is 17.9. The molecule has 0 atom stereocenters. The molecule has 0 amide bonds. The van der Waals surface area contributed by atoms with Crippen molar-refractivity contribution in [2.24, 2.45) is 0 Å². The third-order valence-electron chi connectivity index (χ3n) is 11.3. The highest BCUT2D eigenvalue weighted by molar-refractivity contribution is 6.24. The van der Waals surface area contributed by atoms with Crippen molar-refractivity contribution in [1.82, 2.24) is 0 Å². The van der Waals surface area contributed by atoms with Gasteiger partial charge in [-0.25, -0.2) is 0 Å². The Labute approximate surface area is 299 Å². The minimum atomic E-state index is -0.0850. The number of benzene rings is 9. The second-order valence-electron chi connectivity index (χ2n) is 14.4. The van der Waals surface area contributed by atoms with Crippen LogP contribution < -0.4 is 0 Å². The van der Waals surface area contributed by atoms with E-state index in [0.717, 1.165) is 0 Å². The molecular weight excluding hydrogens is 613 g/mol. The first-order valence-corrected chi connectivity index (χ1v) is 17.9. The molecule has 0 saturated carbocycles. The van der Waals surface area contributed by atoms with Crippen LogP contribution in [0.2, 0.25) is 0 Å². The fraction of sp³-hybridized carbons (Fsp3) is 0.0588. The van der Waals surface area contributed by atoms with E-state index in [1.165, 1.54) is 99.1 Å². The summed E-state index contributed by atoms with van der Waals surface area (Å²) in [6.07, 6.45) is 0. The van der Waals surface area contributed by atoms with Gasteiger partial charge in [0.05, 0.1) is 0 Å². The zero-order chi connectivity index (χ0) is 34.1. The lowest BCUT2D eigenvalue weighted by molar-refractivity contribution is 0.660. The average Bonchev–Trinajstić information content (AvgIpc) is 3.43. The van der Waals surface area contributed by atoms with Crippen LogP contribution in [0.4, 0.5) is 0 Å². The lowest BCUT2D eigenvalue weighted by atomic mass is 9.80. The average molecular weight is 649 g/mol. The molecule has 9 aromatic rings. The zero-order valence-electron chi connectivity index (χ0n) is 28.8. The molecule has 9 aromatic carbocycles. The number of rotatable bonds is 4. The molecular formula is C51H36. The van der Waals surface area contributed by atoms with Gasteiger partial charge < -0.3 is 0 Å². The van der Waals surface area contributed by atoms with E-state index < -0.39 is 0 Å². The van der Waals surface area contributed by atoms with E-state index in [4.69, 9.17) is 0 Å². The Morgan fingerprint density at radius 2 is 0.843 bits per heavy atom. The summed E-state index contributed by atoms with van der Waals surface area (Å²) in [5.41, 5.74) is 15.4. The maximum Gasteiger partial charge on any atom is 0.0159 e. The summed E-state index contributed by atoms with van der Waals surface area (Å²) in [5, 5.41) is 7.59. The van der Waals surface area contributed by atoms with Crippen LogP contribution in [0.5, 0.6) is 0 Å². The minimum absolute atomic E-state index is 0.0850. The second kappa shape index (κ2) is 11.4.